The van der Waals surface area contributed by atoms with Crippen LogP contribution in [0.1, 0.15) is 18.4 Å². The Balaban J connectivity index is 2.24. The molecule has 0 saturated carbocycles. The fourth-order valence-corrected chi connectivity index (χ4v) is 1.77. The molecule has 0 bridgehead atoms. The molecule has 0 saturated heterocycles. The van der Waals surface area contributed by atoms with Crippen LogP contribution < -0.4 is 11.1 Å². The van der Waals surface area contributed by atoms with Gasteiger partial charge in [0.1, 0.15) is 0 Å². The van der Waals surface area contributed by atoms with Crippen LogP contribution in [-0.4, -0.2) is 43.4 Å². The molecule has 5 nitrogen and oxygen atoms in total. The van der Waals surface area contributed by atoms with E-state index in [1.807, 2.05) is 30.3 Å². The Hall–Kier alpha value is -1.88. The maximum absolute atomic E-state index is 11.8. The van der Waals surface area contributed by atoms with Gasteiger partial charge in [-0.1, -0.05) is 30.3 Å². The predicted octanol–water partition coefficient (Wildman–Crippen LogP) is 0.541. The number of nitrogens with zero attached hydrogens (tertiary/aromatic N) is 1. The third-order valence-electron chi connectivity index (χ3n) is 3.00. The van der Waals surface area contributed by atoms with Gasteiger partial charge in [0.2, 0.25) is 11.8 Å². The maximum Gasteiger partial charge on any atom is 0.237 e. The van der Waals surface area contributed by atoms with Gasteiger partial charge in [0.25, 0.3) is 0 Å². The molecule has 1 aromatic rings. The smallest absolute Gasteiger partial charge is 0.237 e. The van der Waals surface area contributed by atoms with E-state index in [4.69, 9.17) is 5.73 Å². The maximum atomic E-state index is 11.8. The van der Waals surface area contributed by atoms with Crippen LogP contribution in [-0.2, 0) is 16.0 Å². The van der Waals surface area contributed by atoms with Crippen molar-refractivity contribution in [1.29, 1.82) is 0 Å². The van der Waals surface area contributed by atoms with E-state index in [1.165, 1.54) is 0 Å². The molecule has 0 aromatic heterocycles. The molecule has 0 aliphatic carbocycles. The highest BCUT2D eigenvalue weighted by atomic mass is 16.2. The van der Waals surface area contributed by atoms with E-state index < -0.39 is 6.04 Å². The molecule has 0 fully saturated rings. The lowest BCUT2D eigenvalue weighted by Gasteiger charge is -2.13. The van der Waals surface area contributed by atoms with Crippen molar-refractivity contribution >= 4 is 11.8 Å². The molecule has 0 radical (unpaired) electrons. The normalized spacial score (nSPS) is 11.8. The minimum absolute atomic E-state index is 0.0628. The van der Waals surface area contributed by atoms with Crippen LogP contribution in [0.15, 0.2) is 30.3 Å². The van der Waals surface area contributed by atoms with E-state index >= 15 is 0 Å². The third kappa shape index (κ3) is 5.84. The summed E-state index contributed by atoms with van der Waals surface area (Å²) in [5.74, 6) is -0.112. The number of carbonyl (C=O) groups is 2. The second-order valence-electron chi connectivity index (χ2n) is 4.98. The van der Waals surface area contributed by atoms with Gasteiger partial charge in [-0.3, -0.25) is 9.59 Å². The quantitative estimate of drug-likeness (QED) is 0.714. The van der Waals surface area contributed by atoms with Gasteiger partial charge < -0.3 is 16.0 Å². The Morgan fingerprint density at radius 2 is 1.90 bits per heavy atom. The van der Waals surface area contributed by atoms with Gasteiger partial charge in [0, 0.05) is 27.1 Å². The third-order valence-corrected chi connectivity index (χ3v) is 3.00. The lowest BCUT2D eigenvalue weighted by atomic mass is 10.1. The average molecular weight is 277 g/mol. The van der Waals surface area contributed by atoms with Crippen molar-refractivity contribution in [2.24, 2.45) is 5.73 Å². The van der Waals surface area contributed by atoms with E-state index in [0.717, 1.165) is 5.56 Å². The highest BCUT2D eigenvalue weighted by Crippen LogP contribution is 2.02. The zero-order valence-electron chi connectivity index (χ0n) is 12.1. The molecule has 2 amide bonds. The fraction of sp³-hybridized carbons (Fsp3) is 0.467. The number of hydrogen-bond acceptors (Lipinski definition) is 3. The monoisotopic (exact) mass is 277 g/mol. The number of rotatable bonds is 7. The van der Waals surface area contributed by atoms with Crippen molar-refractivity contribution in [3.05, 3.63) is 35.9 Å². The summed E-state index contributed by atoms with van der Waals surface area (Å²) >= 11 is 0. The van der Waals surface area contributed by atoms with Gasteiger partial charge in [-0.05, 0) is 18.4 Å². The zero-order chi connectivity index (χ0) is 15.0. The molecule has 0 spiro atoms. The Morgan fingerprint density at radius 1 is 1.25 bits per heavy atom. The van der Waals surface area contributed by atoms with Gasteiger partial charge in [0.05, 0.1) is 6.04 Å². The van der Waals surface area contributed by atoms with Crippen molar-refractivity contribution < 1.29 is 9.59 Å². The second kappa shape index (κ2) is 8.32. The molecular formula is C15H23N3O2. The summed E-state index contributed by atoms with van der Waals surface area (Å²) in [7, 11) is 3.44. The van der Waals surface area contributed by atoms with Gasteiger partial charge in [-0.2, -0.15) is 0 Å². The van der Waals surface area contributed by atoms with Crippen LogP contribution >= 0.6 is 0 Å². The van der Waals surface area contributed by atoms with E-state index in [-0.39, 0.29) is 11.8 Å². The largest absolute Gasteiger partial charge is 0.355 e. The number of hydrogen-bond donors (Lipinski definition) is 2. The Labute approximate surface area is 120 Å². The first-order chi connectivity index (χ1) is 9.50. The van der Waals surface area contributed by atoms with E-state index in [1.54, 1.807) is 19.0 Å². The molecule has 0 aliphatic rings. The number of amides is 2. The van der Waals surface area contributed by atoms with Crippen molar-refractivity contribution in [3.63, 3.8) is 0 Å². The lowest BCUT2D eigenvalue weighted by Crippen LogP contribution is -2.42. The summed E-state index contributed by atoms with van der Waals surface area (Å²) in [5.41, 5.74) is 6.89. The molecule has 1 aromatic carbocycles. The van der Waals surface area contributed by atoms with Gasteiger partial charge in [-0.15, -0.1) is 0 Å². The minimum atomic E-state index is -0.554. The van der Waals surface area contributed by atoms with E-state index in [9.17, 15) is 9.59 Å². The summed E-state index contributed by atoms with van der Waals surface area (Å²) in [6, 6.07) is 9.12. The zero-order valence-corrected chi connectivity index (χ0v) is 12.1. The Morgan fingerprint density at radius 3 is 2.50 bits per heavy atom. The second-order valence-corrected chi connectivity index (χ2v) is 4.98. The van der Waals surface area contributed by atoms with E-state index in [2.05, 4.69) is 5.32 Å². The first kappa shape index (κ1) is 16.2. The van der Waals surface area contributed by atoms with Crippen molar-refractivity contribution in [2.45, 2.75) is 25.3 Å². The van der Waals surface area contributed by atoms with Crippen LogP contribution in [0.3, 0.4) is 0 Å². The summed E-state index contributed by atoms with van der Waals surface area (Å²) < 4.78 is 0. The van der Waals surface area contributed by atoms with Crippen LogP contribution in [0.4, 0.5) is 0 Å². The minimum Gasteiger partial charge on any atom is -0.355 e. The molecule has 1 rings (SSSR count). The predicted molar refractivity (Wildman–Crippen MR) is 79.1 cm³/mol. The molecule has 20 heavy (non-hydrogen) atoms. The van der Waals surface area contributed by atoms with Crippen LogP contribution in [0.2, 0.25) is 0 Å². The van der Waals surface area contributed by atoms with Crippen molar-refractivity contribution in [3.8, 4) is 0 Å². The van der Waals surface area contributed by atoms with Crippen molar-refractivity contribution in [1.82, 2.24) is 10.2 Å². The Bertz CT molecular complexity index is 432. The molecule has 1 atom stereocenters. The number of nitrogens with two attached hydrogens (primary N) is 1. The molecular weight excluding hydrogens is 254 g/mol. The molecule has 110 valence electrons. The molecule has 5 heteroatoms. The topological polar surface area (TPSA) is 75.4 Å². The van der Waals surface area contributed by atoms with Crippen LogP contribution in [0.5, 0.6) is 0 Å². The SMILES string of the molecule is CN(C)C(=O)CCCNC(=O)[C@@H](N)Cc1ccccc1. The number of carbonyl (C=O) groups excluding carboxylic acids is 2. The summed E-state index contributed by atoms with van der Waals surface area (Å²) in [6.45, 7) is 0.473. The highest BCUT2D eigenvalue weighted by Gasteiger charge is 2.13. The van der Waals surface area contributed by atoms with Gasteiger partial charge in [-0.25, -0.2) is 0 Å². The fourth-order valence-electron chi connectivity index (χ4n) is 1.77. The Kier molecular flexibility index (Phi) is 6.73. The van der Waals surface area contributed by atoms with E-state index in [0.29, 0.717) is 25.8 Å². The lowest BCUT2D eigenvalue weighted by molar-refractivity contribution is -0.129. The van der Waals surface area contributed by atoms with Crippen LogP contribution in [0.25, 0.3) is 0 Å². The molecule has 0 aliphatic heterocycles. The summed E-state index contributed by atoms with van der Waals surface area (Å²) in [5, 5.41) is 2.76. The molecule has 0 unspecified atom stereocenters. The first-order valence-corrected chi connectivity index (χ1v) is 6.78. The molecule has 3 N–H and O–H groups in total. The van der Waals surface area contributed by atoms with Gasteiger partial charge in [0.15, 0.2) is 0 Å². The molecule has 0 heterocycles. The standard InChI is InChI=1S/C15H23N3O2/c1-18(2)14(19)9-6-10-17-15(20)13(16)11-12-7-4-3-5-8-12/h3-5,7-8,13H,6,9-11,16H2,1-2H3,(H,17,20)/t13-/m0/s1. The summed E-state index contributed by atoms with van der Waals surface area (Å²) in [4.78, 5) is 24.7. The van der Waals surface area contributed by atoms with Gasteiger partial charge >= 0.3 is 0 Å². The summed E-state index contributed by atoms with van der Waals surface area (Å²) in [6.07, 6.45) is 1.57. The highest BCUT2D eigenvalue weighted by molar-refractivity contribution is 5.81. The first-order valence-electron chi connectivity index (χ1n) is 6.78. The van der Waals surface area contributed by atoms with Crippen LogP contribution in [0, 0.1) is 0 Å². The number of benzene rings is 1. The number of nitrogens with one attached hydrogen (secondary N) is 1. The average Bonchev–Trinajstić information content (AvgIpc) is 2.43. The van der Waals surface area contributed by atoms with Crippen molar-refractivity contribution in [2.75, 3.05) is 20.6 Å².